The zero-order valence-electron chi connectivity index (χ0n) is 20.0. The Labute approximate surface area is 205 Å². The van der Waals surface area contributed by atoms with Gasteiger partial charge in [0.25, 0.3) is 0 Å². The maximum atomic E-state index is 13.9. The van der Waals surface area contributed by atoms with Gasteiger partial charge in [-0.3, -0.25) is 9.78 Å². The molecule has 0 atom stereocenters. The topological polar surface area (TPSA) is 90.1 Å². The van der Waals surface area contributed by atoms with E-state index in [0.29, 0.717) is 16.6 Å². The molecule has 9 heteroatoms. The highest BCUT2D eigenvalue weighted by atomic mass is 35.5. The van der Waals surface area contributed by atoms with E-state index in [1.54, 1.807) is 18.3 Å². The summed E-state index contributed by atoms with van der Waals surface area (Å²) in [6.07, 6.45) is 3.09. The van der Waals surface area contributed by atoms with Crippen molar-refractivity contribution in [2.75, 3.05) is 7.11 Å². The van der Waals surface area contributed by atoms with Gasteiger partial charge in [0.2, 0.25) is 5.58 Å². The SMILES string of the molecule is CC.CC.COc1cc(-c2cc3[nH]c(=O)n(-c4cncc5ccccc45)c(=O)c3o2)c(Cl)cc1F. The van der Waals surface area contributed by atoms with Crippen LogP contribution in [-0.2, 0) is 0 Å². The van der Waals surface area contributed by atoms with Crippen molar-refractivity contribution in [2.45, 2.75) is 27.7 Å². The third-order valence-corrected chi connectivity index (χ3v) is 5.28. The van der Waals surface area contributed by atoms with E-state index in [-0.39, 0.29) is 27.6 Å². The molecule has 5 aromatic rings. The summed E-state index contributed by atoms with van der Waals surface area (Å²) in [6, 6.07) is 11.2. The molecular weight excluding hydrogens is 473 g/mol. The Hall–Kier alpha value is -3.91. The molecule has 5 rings (SSSR count). The molecule has 0 saturated heterocycles. The average Bonchev–Trinajstić information content (AvgIpc) is 3.30. The number of halogens is 2. The molecule has 0 bridgehead atoms. The lowest BCUT2D eigenvalue weighted by Crippen LogP contribution is -2.33. The summed E-state index contributed by atoms with van der Waals surface area (Å²) in [5.74, 6) is -0.487. The molecule has 3 aromatic heterocycles. The lowest BCUT2D eigenvalue weighted by molar-refractivity contribution is 0.386. The van der Waals surface area contributed by atoms with Crippen LogP contribution in [0.2, 0.25) is 5.02 Å². The Kier molecular flexibility index (Phi) is 8.09. The smallest absolute Gasteiger partial charge is 0.333 e. The van der Waals surface area contributed by atoms with Gasteiger partial charge in [-0.2, -0.15) is 0 Å². The lowest BCUT2D eigenvalue weighted by atomic mass is 10.1. The Morgan fingerprint density at radius 1 is 1.06 bits per heavy atom. The van der Waals surface area contributed by atoms with Crippen LogP contribution in [0.25, 0.3) is 38.9 Å². The van der Waals surface area contributed by atoms with Crippen LogP contribution in [0.15, 0.2) is 68.9 Å². The normalized spacial score (nSPS) is 10.4. The number of hydrogen-bond acceptors (Lipinski definition) is 5. The quantitative estimate of drug-likeness (QED) is 0.314. The summed E-state index contributed by atoms with van der Waals surface area (Å²) in [4.78, 5) is 32.8. The number of furan rings is 1. The van der Waals surface area contributed by atoms with Crippen LogP contribution >= 0.6 is 11.6 Å². The van der Waals surface area contributed by atoms with Crippen LogP contribution < -0.4 is 16.0 Å². The van der Waals surface area contributed by atoms with Crippen molar-refractivity contribution in [1.82, 2.24) is 14.5 Å². The molecule has 0 aliphatic rings. The average molecular weight is 498 g/mol. The molecule has 35 heavy (non-hydrogen) atoms. The molecule has 0 aliphatic carbocycles. The van der Waals surface area contributed by atoms with Gasteiger partial charge >= 0.3 is 11.2 Å². The fourth-order valence-electron chi connectivity index (χ4n) is 3.51. The van der Waals surface area contributed by atoms with E-state index in [1.807, 2.05) is 39.8 Å². The molecule has 0 saturated carbocycles. The second-order valence-electron chi connectivity index (χ2n) is 6.77. The van der Waals surface area contributed by atoms with Crippen molar-refractivity contribution in [3.8, 4) is 22.8 Å². The van der Waals surface area contributed by atoms with Crippen LogP contribution in [-0.4, -0.2) is 21.6 Å². The van der Waals surface area contributed by atoms with E-state index in [4.69, 9.17) is 20.8 Å². The molecule has 3 heterocycles. The minimum atomic E-state index is -0.659. The summed E-state index contributed by atoms with van der Waals surface area (Å²) in [6.45, 7) is 8.00. The van der Waals surface area contributed by atoms with Gasteiger partial charge in [0.15, 0.2) is 11.6 Å². The minimum absolute atomic E-state index is 0.0346. The van der Waals surface area contributed by atoms with Crippen molar-refractivity contribution >= 4 is 33.5 Å². The van der Waals surface area contributed by atoms with Crippen LogP contribution in [0.3, 0.4) is 0 Å². The second kappa shape index (κ2) is 11.0. The summed E-state index contributed by atoms with van der Waals surface area (Å²) >= 11 is 6.17. The molecule has 0 radical (unpaired) electrons. The van der Waals surface area contributed by atoms with E-state index in [9.17, 15) is 14.0 Å². The van der Waals surface area contributed by atoms with Gasteiger partial charge in [0.1, 0.15) is 5.76 Å². The molecule has 0 spiro atoms. The van der Waals surface area contributed by atoms with Crippen molar-refractivity contribution in [3.63, 3.8) is 0 Å². The third kappa shape index (κ3) is 4.70. The number of hydrogen-bond donors (Lipinski definition) is 1. The van der Waals surface area contributed by atoms with Gasteiger partial charge in [-0.25, -0.2) is 13.8 Å². The number of H-pyrrole nitrogens is 1. The molecule has 7 nitrogen and oxygen atoms in total. The largest absolute Gasteiger partial charge is 0.494 e. The number of fused-ring (bicyclic) bond motifs is 2. The molecule has 1 N–H and O–H groups in total. The Balaban J connectivity index is 0.000000815. The lowest BCUT2D eigenvalue weighted by Gasteiger charge is -2.07. The predicted octanol–water partition coefficient (Wildman–Crippen LogP) is 6.34. The van der Waals surface area contributed by atoms with E-state index < -0.39 is 17.1 Å². The maximum absolute atomic E-state index is 13.9. The van der Waals surface area contributed by atoms with E-state index in [1.165, 1.54) is 25.4 Å². The number of ether oxygens (including phenoxy) is 1. The van der Waals surface area contributed by atoms with Crippen LogP contribution in [0.1, 0.15) is 27.7 Å². The zero-order valence-corrected chi connectivity index (χ0v) is 20.7. The summed E-state index contributed by atoms with van der Waals surface area (Å²) < 4.78 is 25.6. The van der Waals surface area contributed by atoms with Gasteiger partial charge in [-0.15, -0.1) is 0 Å². The second-order valence-corrected chi connectivity index (χ2v) is 7.18. The Morgan fingerprint density at radius 2 is 1.77 bits per heavy atom. The predicted molar refractivity (Wildman–Crippen MR) is 137 cm³/mol. The van der Waals surface area contributed by atoms with Crippen LogP contribution in [0.5, 0.6) is 5.75 Å². The number of methoxy groups -OCH3 is 1. The van der Waals surface area contributed by atoms with Gasteiger partial charge in [-0.1, -0.05) is 63.6 Å². The van der Waals surface area contributed by atoms with Gasteiger partial charge in [-0.05, 0) is 12.1 Å². The fourth-order valence-corrected chi connectivity index (χ4v) is 3.76. The first-order chi connectivity index (χ1) is 17.0. The van der Waals surface area contributed by atoms with Crippen LogP contribution in [0.4, 0.5) is 4.39 Å². The third-order valence-electron chi connectivity index (χ3n) is 4.97. The fraction of sp³-hybridized carbons (Fsp3) is 0.192. The molecule has 182 valence electrons. The maximum Gasteiger partial charge on any atom is 0.333 e. The number of nitrogens with zero attached hydrogens (tertiary/aromatic N) is 2. The monoisotopic (exact) mass is 497 g/mol. The number of benzene rings is 2. The molecule has 0 amide bonds. The van der Waals surface area contributed by atoms with Gasteiger partial charge in [0, 0.05) is 28.6 Å². The minimum Gasteiger partial charge on any atom is -0.494 e. The van der Waals surface area contributed by atoms with Crippen molar-refractivity contribution < 1.29 is 13.5 Å². The highest BCUT2D eigenvalue weighted by Crippen LogP contribution is 2.35. The summed E-state index contributed by atoms with van der Waals surface area (Å²) in [7, 11) is 1.32. The first kappa shape index (κ1) is 25.7. The van der Waals surface area contributed by atoms with E-state index in [2.05, 4.69) is 9.97 Å². The standard InChI is InChI=1S/C22H13ClFN3O4.2C2H6/c1-30-19-6-13(14(23)7-15(19)24)18-8-16-20(31-18)21(28)27(22(29)26-16)17-10-25-9-11-4-2-3-5-12(11)17;2*1-2/h2-10H,1H3,(H,26,29);2*1-2H3. The first-order valence-electron chi connectivity index (χ1n) is 11.1. The molecular formula is C26H25ClFN3O4. The number of pyridine rings is 1. The van der Waals surface area contributed by atoms with Crippen LogP contribution in [0, 0.1) is 5.82 Å². The number of nitrogens with one attached hydrogen (secondary N) is 1. The highest BCUT2D eigenvalue weighted by Gasteiger charge is 2.19. The van der Waals surface area contributed by atoms with Crippen molar-refractivity contribution in [1.29, 1.82) is 0 Å². The number of aromatic nitrogens is 3. The number of aromatic amines is 1. The van der Waals surface area contributed by atoms with E-state index in [0.717, 1.165) is 16.0 Å². The molecule has 0 fully saturated rings. The number of rotatable bonds is 3. The first-order valence-corrected chi connectivity index (χ1v) is 11.5. The van der Waals surface area contributed by atoms with Crippen molar-refractivity contribution in [3.05, 3.63) is 86.5 Å². The highest BCUT2D eigenvalue weighted by molar-refractivity contribution is 6.33. The van der Waals surface area contributed by atoms with E-state index >= 15 is 0 Å². The Bertz CT molecular complexity index is 1600. The summed E-state index contributed by atoms with van der Waals surface area (Å²) in [5.41, 5.74) is -0.560. The van der Waals surface area contributed by atoms with Crippen molar-refractivity contribution in [2.24, 2.45) is 0 Å². The zero-order chi connectivity index (χ0) is 25.7. The van der Waals surface area contributed by atoms with Gasteiger partial charge < -0.3 is 14.1 Å². The molecule has 0 unspecified atom stereocenters. The summed E-state index contributed by atoms with van der Waals surface area (Å²) in [5, 5.41) is 1.53. The Morgan fingerprint density at radius 3 is 2.49 bits per heavy atom. The molecule has 0 aliphatic heterocycles. The van der Waals surface area contributed by atoms with Gasteiger partial charge in [0.05, 0.1) is 29.5 Å². The molecule has 2 aromatic carbocycles.